The maximum absolute atomic E-state index is 11.5. The molecular weight excluding hydrogens is 262 g/mol. The molecule has 1 amide bonds. The number of likely N-dealkylation sites (tertiary alicyclic amines) is 1. The van der Waals surface area contributed by atoms with Crippen LogP contribution in [0.5, 0.6) is 0 Å². The largest absolute Gasteiger partial charge is 0.356 e. The Morgan fingerprint density at radius 2 is 2.05 bits per heavy atom. The van der Waals surface area contributed by atoms with Crippen molar-refractivity contribution in [2.24, 2.45) is 11.8 Å². The Bertz CT molecular complexity index is 679. The SMILES string of the molecule is O=C1C[C@H]2CN(Cc3cccc4cccnc34)C[C@H]2CN1. The normalized spacial score (nSPS) is 25.8. The number of hydrogen-bond acceptors (Lipinski definition) is 3. The molecule has 0 saturated carbocycles. The topological polar surface area (TPSA) is 45.2 Å². The minimum atomic E-state index is 0.213. The highest BCUT2D eigenvalue weighted by atomic mass is 16.1. The summed E-state index contributed by atoms with van der Waals surface area (Å²) in [4.78, 5) is 18.5. The van der Waals surface area contributed by atoms with Crippen molar-refractivity contribution in [3.8, 4) is 0 Å². The predicted octanol–water partition coefficient (Wildman–Crippen LogP) is 1.80. The Hall–Kier alpha value is -1.94. The lowest BCUT2D eigenvalue weighted by Gasteiger charge is -2.23. The van der Waals surface area contributed by atoms with E-state index in [1.54, 1.807) is 0 Å². The number of para-hydroxylation sites is 1. The van der Waals surface area contributed by atoms with Gasteiger partial charge in [0.1, 0.15) is 0 Å². The molecule has 1 aromatic heterocycles. The molecule has 4 rings (SSSR count). The Kier molecular flexibility index (Phi) is 3.11. The molecule has 21 heavy (non-hydrogen) atoms. The van der Waals surface area contributed by atoms with Gasteiger partial charge in [0.25, 0.3) is 0 Å². The molecule has 0 spiro atoms. The lowest BCUT2D eigenvalue weighted by molar-refractivity contribution is -0.124. The van der Waals surface area contributed by atoms with Crippen molar-refractivity contribution in [1.29, 1.82) is 0 Å². The molecule has 3 heterocycles. The van der Waals surface area contributed by atoms with E-state index in [2.05, 4.69) is 39.5 Å². The quantitative estimate of drug-likeness (QED) is 0.913. The van der Waals surface area contributed by atoms with E-state index in [0.717, 1.165) is 31.7 Å². The van der Waals surface area contributed by atoms with Crippen molar-refractivity contribution < 1.29 is 4.79 Å². The summed E-state index contributed by atoms with van der Waals surface area (Å²) < 4.78 is 0. The fraction of sp³-hybridized carbons (Fsp3) is 0.412. The summed E-state index contributed by atoms with van der Waals surface area (Å²) >= 11 is 0. The van der Waals surface area contributed by atoms with Crippen molar-refractivity contribution in [3.63, 3.8) is 0 Å². The van der Waals surface area contributed by atoms with Gasteiger partial charge in [-0.2, -0.15) is 0 Å². The van der Waals surface area contributed by atoms with Gasteiger partial charge in [0.05, 0.1) is 5.52 Å². The second-order valence-electron chi connectivity index (χ2n) is 6.21. The standard InChI is InChI=1S/C17H19N3O/c21-16-7-14-10-20(11-15(14)8-19-16)9-13-4-1-3-12-5-2-6-18-17(12)13/h1-6,14-15H,7-11H2,(H,19,21)/t14-,15+/m0/s1. The number of fused-ring (bicyclic) bond motifs is 2. The van der Waals surface area contributed by atoms with Crippen LogP contribution in [0.4, 0.5) is 0 Å². The molecule has 4 heteroatoms. The molecule has 2 aromatic rings. The van der Waals surface area contributed by atoms with E-state index in [-0.39, 0.29) is 5.91 Å². The third kappa shape index (κ3) is 2.40. The first-order valence-corrected chi connectivity index (χ1v) is 7.61. The van der Waals surface area contributed by atoms with Gasteiger partial charge in [0.2, 0.25) is 5.91 Å². The van der Waals surface area contributed by atoms with Crippen LogP contribution in [0.15, 0.2) is 36.5 Å². The highest BCUT2D eigenvalue weighted by Gasteiger charge is 2.37. The molecule has 2 atom stereocenters. The van der Waals surface area contributed by atoms with Crippen molar-refractivity contribution in [1.82, 2.24) is 15.2 Å². The van der Waals surface area contributed by atoms with Crippen LogP contribution in [-0.2, 0) is 11.3 Å². The van der Waals surface area contributed by atoms with E-state index in [1.165, 1.54) is 10.9 Å². The third-order valence-corrected chi connectivity index (χ3v) is 4.77. The zero-order valence-electron chi connectivity index (χ0n) is 12.0. The Balaban J connectivity index is 1.55. The number of hydrogen-bond donors (Lipinski definition) is 1. The average Bonchev–Trinajstić information content (AvgIpc) is 2.89. The van der Waals surface area contributed by atoms with E-state index < -0.39 is 0 Å². The van der Waals surface area contributed by atoms with Gasteiger partial charge in [-0.05, 0) is 23.5 Å². The Morgan fingerprint density at radius 1 is 1.19 bits per heavy atom. The number of nitrogens with one attached hydrogen (secondary N) is 1. The summed E-state index contributed by atoms with van der Waals surface area (Å²) in [5, 5.41) is 4.19. The molecule has 0 bridgehead atoms. The lowest BCUT2D eigenvalue weighted by atomic mass is 9.89. The van der Waals surface area contributed by atoms with E-state index in [1.807, 2.05) is 12.3 Å². The highest BCUT2D eigenvalue weighted by Crippen LogP contribution is 2.30. The zero-order chi connectivity index (χ0) is 14.2. The fourth-order valence-corrected chi connectivity index (χ4v) is 3.72. The first kappa shape index (κ1) is 12.8. The van der Waals surface area contributed by atoms with Crippen LogP contribution in [0, 0.1) is 11.8 Å². The smallest absolute Gasteiger partial charge is 0.220 e. The van der Waals surface area contributed by atoms with Gasteiger partial charge in [0, 0.05) is 44.2 Å². The van der Waals surface area contributed by atoms with E-state index in [9.17, 15) is 4.79 Å². The number of aromatic nitrogens is 1. The van der Waals surface area contributed by atoms with Crippen molar-refractivity contribution in [2.75, 3.05) is 19.6 Å². The maximum atomic E-state index is 11.5. The van der Waals surface area contributed by atoms with E-state index >= 15 is 0 Å². The van der Waals surface area contributed by atoms with Crippen LogP contribution in [0.3, 0.4) is 0 Å². The molecule has 2 aliphatic rings. The second kappa shape index (κ2) is 5.11. The molecule has 2 aliphatic heterocycles. The van der Waals surface area contributed by atoms with Gasteiger partial charge in [-0.15, -0.1) is 0 Å². The molecule has 2 fully saturated rings. The molecule has 0 unspecified atom stereocenters. The molecule has 1 aromatic carbocycles. The first-order chi connectivity index (χ1) is 10.3. The van der Waals surface area contributed by atoms with Crippen LogP contribution in [0.25, 0.3) is 10.9 Å². The number of amides is 1. The van der Waals surface area contributed by atoms with Crippen LogP contribution < -0.4 is 5.32 Å². The number of nitrogens with zero attached hydrogens (tertiary/aromatic N) is 2. The summed E-state index contributed by atoms with van der Waals surface area (Å²) in [6, 6.07) is 10.5. The van der Waals surface area contributed by atoms with Gasteiger partial charge in [-0.3, -0.25) is 14.7 Å². The first-order valence-electron chi connectivity index (χ1n) is 7.61. The van der Waals surface area contributed by atoms with Crippen LogP contribution in [0.2, 0.25) is 0 Å². The summed E-state index contributed by atoms with van der Waals surface area (Å²) in [5.74, 6) is 1.36. The summed E-state index contributed by atoms with van der Waals surface area (Å²) in [6.07, 6.45) is 2.55. The number of carbonyl (C=O) groups is 1. The minimum absolute atomic E-state index is 0.213. The fourth-order valence-electron chi connectivity index (χ4n) is 3.72. The van der Waals surface area contributed by atoms with Crippen molar-refractivity contribution >= 4 is 16.8 Å². The zero-order valence-corrected chi connectivity index (χ0v) is 12.0. The molecule has 1 N–H and O–H groups in total. The summed E-state index contributed by atoms with van der Waals surface area (Å²) in [5.41, 5.74) is 2.38. The number of carbonyl (C=O) groups excluding carboxylic acids is 1. The molecule has 0 aliphatic carbocycles. The third-order valence-electron chi connectivity index (χ3n) is 4.77. The molecule has 2 saturated heterocycles. The summed E-state index contributed by atoms with van der Waals surface area (Å²) in [6.45, 7) is 3.87. The average molecular weight is 281 g/mol. The van der Waals surface area contributed by atoms with Crippen molar-refractivity contribution in [3.05, 3.63) is 42.1 Å². The Labute approximate surface area is 124 Å². The van der Waals surface area contributed by atoms with Gasteiger partial charge in [-0.25, -0.2) is 0 Å². The molecule has 0 radical (unpaired) electrons. The number of pyridine rings is 1. The maximum Gasteiger partial charge on any atom is 0.220 e. The molecule has 4 nitrogen and oxygen atoms in total. The monoisotopic (exact) mass is 281 g/mol. The predicted molar refractivity (Wildman–Crippen MR) is 81.6 cm³/mol. The van der Waals surface area contributed by atoms with Crippen LogP contribution in [-0.4, -0.2) is 35.4 Å². The van der Waals surface area contributed by atoms with E-state index in [0.29, 0.717) is 18.3 Å². The number of piperidine rings is 1. The molecule has 108 valence electrons. The van der Waals surface area contributed by atoms with Crippen LogP contribution >= 0.6 is 0 Å². The summed E-state index contributed by atoms with van der Waals surface area (Å²) in [7, 11) is 0. The molecular formula is C17H19N3O. The van der Waals surface area contributed by atoms with Gasteiger partial charge in [-0.1, -0.05) is 24.3 Å². The van der Waals surface area contributed by atoms with E-state index in [4.69, 9.17) is 0 Å². The van der Waals surface area contributed by atoms with Crippen molar-refractivity contribution in [2.45, 2.75) is 13.0 Å². The number of rotatable bonds is 2. The van der Waals surface area contributed by atoms with Crippen LogP contribution in [0.1, 0.15) is 12.0 Å². The van der Waals surface area contributed by atoms with Gasteiger partial charge in [0.15, 0.2) is 0 Å². The second-order valence-corrected chi connectivity index (χ2v) is 6.21. The van der Waals surface area contributed by atoms with Gasteiger partial charge < -0.3 is 5.32 Å². The number of benzene rings is 1. The Morgan fingerprint density at radius 3 is 3.00 bits per heavy atom. The lowest BCUT2D eigenvalue weighted by Crippen LogP contribution is -2.39. The van der Waals surface area contributed by atoms with Gasteiger partial charge >= 0.3 is 0 Å². The highest BCUT2D eigenvalue weighted by molar-refractivity contribution is 5.81. The minimum Gasteiger partial charge on any atom is -0.356 e.